The Labute approximate surface area is 211 Å². The predicted molar refractivity (Wildman–Crippen MR) is 132 cm³/mol. The van der Waals surface area contributed by atoms with Crippen LogP contribution in [-0.2, 0) is 11.3 Å². The minimum absolute atomic E-state index is 0.00711. The van der Waals surface area contributed by atoms with Crippen molar-refractivity contribution in [1.29, 1.82) is 0 Å². The minimum Gasteiger partial charge on any atom is -0.367 e. The zero-order valence-electron chi connectivity index (χ0n) is 18.4. The number of nitrogens with zero attached hydrogens (tertiary/aromatic N) is 2. The molecule has 0 radical (unpaired) electrons. The number of amides is 1. The van der Waals surface area contributed by atoms with Gasteiger partial charge in [-0.3, -0.25) is 9.69 Å². The van der Waals surface area contributed by atoms with Crippen molar-refractivity contribution in [2.24, 2.45) is 0 Å². The molecule has 0 aromatic heterocycles. The molecule has 8 heteroatoms. The molecule has 34 heavy (non-hydrogen) atoms. The summed E-state index contributed by atoms with van der Waals surface area (Å²) in [7, 11) is 0. The molecule has 1 heterocycles. The van der Waals surface area contributed by atoms with E-state index in [0.717, 1.165) is 10.0 Å². The first-order valence-corrected chi connectivity index (χ1v) is 12.1. The summed E-state index contributed by atoms with van der Waals surface area (Å²) in [6, 6.07) is 18.4. The molecule has 3 aromatic carbocycles. The highest BCUT2D eigenvalue weighted by atomic mass is 79.9. The largest absolute Gasteiger partial charge is 0.367 e. The van der Waals surface area contributed by atoms with E-state index in [1.807, 2.05) is 41.3 Å². The van der Waals surface area contributed by atoms with Gasteiger partial charge in [0.15, 0.2) is 0 Å². The number of benzene rings is 3. The van der Waals surface area contributed by atoms with E-state index in [-0.39, 0.29) is 18.1 Å². The quantitative estimate of drug-likeness (QED) is 0.357. The van der Waals surface area contributed by atoms with E-state index >= 15 is 0 Å². The molecule has 0 unspecified atom stereocenters. The molecule has 0 N–H and O–H groups in total. The summed E-state index contributed by atoms with van der Waals surface area (Å²) in [5.74, 6) is -1.25. The van der Waals surface area contributed by atoms with E-state index in [0.29, 0.717) is 43.3 Å². The van der Waals surface area contributed by atoms with Gasteiger partial charge in [-0.25, -0.2) is 8.78 Å². The van der Waals surface area contributed by atoms with Gasteiger partial charge in [0.1, 0.15) is 11.6 Å². The standard InChI is InChI=1S/C26H24BrClF2N2O2/c27-20-8-4-19(5-9-20)26(33)32-14-12-31(13-15-32)16-25(18-6-10-21(28)11-7-18)34-17-22-23(29)2-1-3-24(22)30/h1-11,25H,12-17H2/t25-/m0/s1. The minimum atomic E-state index is -0.630. The Kier molecular flexibility index (Phi) is 8.32. The SMILES string of the molecule is O=C(c1ccc(Br)cc1)N1CCN(C[C@H](OCc2c(F)cccc2F)c2ccc(Cl)cc2)CC1. The van der Waals surface area contributed by atoms with Crippen LogP contribution in [0.1, 0.15) is 27.6 Å². The highest BCUT2D eigenvalue weighted by molar-refractivity contribution is 9.10. The highest BCUT2D eigenvalue weighted by Crippen LogP contribution is 2.25. The molecule has 1 saturated heterocycles. The fourth-order valence-corrected chi connectivity index (χ4v) is 4.32. The van der Waals surface area contributed by atoms with Gasteiger partial charge in [-0.1, -0.05) is 45.7 Å². The number of hydrogen-bond donors (Lipinski definition) is 0. The maximum atomic E-state index is 14.1. The highest BCUT2D eigenvalue weighted by Gasteiger charge is 2.25. The van der Waals surface area contributed by atoms with Crippen molar-refractivity contribution >= 4 is 33.4 Å². The molecule has 178 valence electrons. The summed E-state index contributed by atoms with van der Waals surface area (Å²) in [6.07, 6.45) is -0.412. The summed E-state index contributed by atoms with van der Waals surface area (Å²) in [5, 5.41) is 0.600. The molecule has 0 saturated carbocycles. The van der Waals surface area contributed by atoms with Crippen LogP contribution in [0.3, 0.4) is 0 Å². The van der Waals surface area contributed by atoms with Crippen LogP contribution in [0, 0.1) is 11.6 Å². The second kappa shape index (κ2) is 11.4. The van der Waals surface area contributed by atoms with Crippen molar-refractivity contribution in [3.8, 4) is 0 Å². The van der Waals surface area contributed by atoms with Crippen LogP contribution < -0.4 is 0 Å². The number of carbonyl (C=O) groups is 1. The van der Waals surface area contributed by atoms with Gasteiger partial charge in [0.05, 0.1) is 12.7 Å². The number of rotatable bonds is 7. The van der Waals surface area contributed by atoms with Crippen LogP contribution >= 0.6 is 27.5 Å². The summed E-state index contributed by atoms with van der Waals surface area (Å²) in [6.45, 7) is 2.85. The summed E-state index contributed by atoms with van der Waals surface area (Å²) in [4.78, 5) is 16.8. The fourth-order valence-electron chi connectivity index (χ4n) is 3.93. The van der Waals surface area contributed by atoms with E-state index < -0.39 is 17.7 Å². The summed E-state index contributed by atoms with van der Waals surface area (Å²) >= 11 is 9.42. The summed E-state index contributed by atoms with van der Waals surface area (Å²) < 4.78 is 35.2. The second-order valence-corrected chi connectivity index (χ2v) is 9.50. The first-order chi connectivity index (χ1) is 16.4. The van der Waals surface area contributed by atoms with Gasteiger partial charge in [-0.15, -0.1) is 0 Å². The normalized spacial score (nSPS) is 15.4. The Balaban J connectivity index is 1.41. The third-order valence-electron chi connectivity index (χ3n) is 5.91. The third kappa shape index (κ3) is 6.21. The van der Waals surface area contributed by atoms with Crippen LogP contribution in [0.2, 0.25) is 5.02 Å². The Morgan fingerprint density at radius 3 is 2.18 bits per heavy atom. The Morgan fingerprint density at radius 1 is 0.941 bits per heavy atom. The zero-order valence-corrected chi connectivity index (χ0v) is 20.7. The predicted octanol–water partition coefficient (Wildman–Crippen LogP) is 6.10. The molecule has 1 atom stereocenters. The average molecular weight is 550 g/mol. The number of ether oxygens (including phenoxy) is 1. The number of halogens is 4. The van der Waals surface area contributed by atoms with Gasteiger partial charge in [-0.05, 0) is 54.1 Å². The van der Waals surface area contributed by atoms with Gasteiger partial charge < -0.3 is 9.64 Å². The van der Waals surface area contributed by atoms with Crippen LogP contribution in [0.25, 0.3) is 0 Å². The Bertz CT molecular complexity index is 1100. The topological polar surface area (TPSA) is 32.8 Å². The number of hydrogen-bond acceptors (Lipinski definition) is 3. The molecule has 4 nitrogen and oxygen atoms in total. The van der Waals surface area contributed by atoms with E-state index in [1.165, 1.54) is 18.2 Å². The molecule has 1 aliphatic heterocycles. The van der Waals surface area contributed by atoms with Crippen molar-refractivity contribution in [1.82, 2.24) is 9.80 Å². The first-order valence-electron chi connectivity index (χ1n) is 11.0. The monoisotopic (exact) mass is 548 g/mol. The molecule has 0 spiro atoms. The van der Waals surface area contributed by atoms with Crippen LogP contribution in [-0.4, -0.2) is 48.4 Å². The van der Waals surface area contributed by atoms with E-state index in [1.54, 1.807) is 12.1 Å². The molecule has 1 fully saturated rings. The van der Waals surface area contributed by atoms with Crippen LogP contribution in [0.4, 0.5) is 8.78 Å². The second-order valence-electron chi connectivity index (χ2n) is 8.15. The van der Waals surface area contributed by atoms with Crippen LogP contribution in [0.5, 0.6) is 0 Å². The molecule has 4 rings (SSSR count). The van der Waals surface area contributed by atoms with Crippen LogP contribution in [0.15, 0.2) is 71.2 Å². The lowest BCUT2D eigenvalue weighted by atomic mass is 10.1. The lowest BCUT2D eigenvalue weighted by Gasteiger charge is -2.36. The van der Waals surface area contributed by atoms with Gasteiger partial charge in [-0.2, -0.15) is 0 Å². The molecule has 0 aliphatic carbocycles. The number of carbonyl (C=O) groups excluding carboxylic acids is 1. The third-order valence-corrected chi connectivity index (χ3v) is 6.69. The van der Waals surface area contributed by atoms with Crippen molar-refractivity contribution in [2.45, 2.75) is 12.7 Å². The molecule has 1 amide bonds. The number of piperazine rings is 1. The molecular weight excluding hydrogens is 526 g/mol. The smallest absolute Gasteiger partial charge is 0.253 e. The first kappa shape index (κ1) is 24.8. The maximum absolute atomic E-state index is 14.1. The molecule has 3 aromatic rings. The average Bonchev–Trinajstić information content (AvgIpc) is 2.84. The molecular formula is C26H24BrClF2N2O2. The summed E-state index contributed by atoms with van der Waals surface area (Å²) in [5.41, 5.74) is 1.44. The zero-order chi connectivity index (χ0) is 24.1. The van der Waals surface area contributed by atoms with E-state index in [4.69, 9.17) is 16.3 Å². The van der Waals surface area contributed by atoms with Gasteiger partial charge in [0.2, 0.25) is 0 Å². The van der Waals surface area contributed by atoms with Gasteiger partial charge >= 0.3 is 0 Å². The van der Waals surface area contributed by atoms with Gasteiger partial charge in [0.25, 0.3) is 5.91 Å². The lowest BCUT2D eigenvalue weighted by Crippen LogP contribution is -2.49. The van der Waals surface area contributed by atoms with E-state index in [9.17, 15) is 13.6 Å². The van der Waals surface area contributed by atoms with Gasteiger partial charge in [0, 0.05) is 53.3 Å². The Hall–Kier alpha value is -2.32. The molecule has 1 aliphatic rings. The molecule has 0 bridgehead atoms. The van der Waals surface area contributed by atoms with Crippen molar-refractivity contribution in [2.75, 3.05) is 32.7 Å². The van der Waals surface area contributed by atoms with Crippen molar-refractivity contribution in [3.05, 3.63) is 105 Å². The lowest BCUT2D eigenvalue weighted by molar-refractivity contribution is 0.00145. The van der Waals surface area contributed by atoms with Crippen molar-refractivity contribution in [3.63, 3.8) is 0 Å². The maximum Gasteiger partial charge on any atom is 0.253 e. The van der Waals surface area contributed by atoms with Crippen molar-refractivity contribution < 1.29 is 18.3 Å². The Morgan fingerprint density at radius 2 is 1.56 bits per heavy atom. The fraction of sp³-hybridized carbons (Fsp3) is 0.269. The van der Waals surface area contributed by atoms with E-state index in [2.05, 4.69) is 20.8 Å².